The number of amides is 2. The second-order valence-corrected chi connectivity index (χ2v) is 7.55. The number of benzene rings is 3. The van der Waals surface area contributed by atoms with Gasteiger partial charge in [-0.2, -0.15) is 0 Å². The topological polar surface area (TPSA) is 77.1 Å². The number of fused-ring (bicyclic) bond motifs is 1. The van der Waals surface area contributed by atoms with E-state index in [-0.39, 0.29) is 12.4 Å². The smallest absolute Gasteiger partial charge is 0.282 e. The largest absolute Gasteiger partial charge is 0.487 e. The van der Waals surface area contributed by atoms with Gasteiger partial charge >= 0.3 is 0 Å². The number of hydrazine groups is 1. The van der Waals surface area contributed by atoms with Gasteiger partial charge in [-0.25, -0.2) is 5.01 Å². The van der Waals surface area contributed by atoms with Crippen molar-refractivity contribution in [1.29, 1.82) is 0 Å². The van der Waals surface area contributed by atoms with Crippen LogP contribution in [0.15, 0.2) is 72.3 Å². The number of para-hydroxylation sites is 1. The summed E-state index contributed by atoms with van der Waals surface area (Å²) >= 11 is 6.38. The Morgan fingerprint density at radius 1 is 1.00 bits per heavy atom. The van der Waals surface area contributed by atoms with Crippen LogP contribution in [-0.2, 0) is 16.2 Å². The molecule has 0 aliphatic carbocycles. The van der Waals surface area contributed by atoms with Crippen molar-refractivity contribution < 1.29 is 23.8 Å². The van der Waals surface area contributed by atoms with Crippen LogP contribution in [0.5, 0.6) is 17.2 Å². The summed E-state index contributed by atoms with van der Waals surface area (Å²) in [7, 11) is 0. The first-order valence-corrected chi connectivity index (χ1v) is 10.2. The van der Waals surface area contributed by atoms with E-state index in [1.807, 2.05) is 24.3 Å². The zero-order valence-electron chi connectivity index (χ0n) is 16.7. The Balaban J connectivity index is 1.30. The van der Waals surface area contributed by atoms with Gasteiger partial charge < -0.3 is 14.2 Å². The SMILES string of the molecule is O=C1NN(c2ccccc2)C(=O)C1=Cc1ccc(OCc2ccc3c(c2)OCO3)c(Cl)c1. The molecule has 3 aromatic rings. The highest BCUT2D eigenvalue weighted by Gasteiger charge is 2.34. The molecule has 0 radical (unpaired) electrons. The Kier molecular flexibility index (Phi) is 5.17. The van der Waals surface area contributed by atoms with Gasteiger partial charge in [0.25, 0.3) is 11.8 Å². The molecule has 1 fully saturated rings. The quantitative estimate of drug-likeness (QED) is 0.469. The van der Waals surface area contributed by atoms with Crippen molar-refractivity contribution in [1.82, 2.24) is 5.43 Å². The molecule has 0 spiro atoms. The number of anilines is 1. The summed E-state index contributed by atoms with van der Waals surface area (Å²) in [4.78, 5) is 25.1. The van der Waals surface area contributed by atoms with E-state index in [9.17, 15) is 9.59 Å². The van der Waals surface area contributed by atoms with E-state index in [2.05, 4.69) is 5.43 Å². The fourth-order valence-corrected chi connectivity index (χ4v) is 3.64. The van der Waals surface area contributed by atoms with Gasteiger partial charge in [-0.3, -0.25) is 15.0 Å². The van der Waals surface area contributed by atoms with E-state index < -0.39 is 11.8 Å². The fourth-order valence-electron chi connectivity index (χ4n) is 3.40. The second-order valence-electron chi connectivity index (χ2n) is 7.14. The minimum absolute atomic E-state index is 0.0268. The van der Waals surface area contributed by atoms with Gasteiger partial charge in [0.2, 0.25) is 6.79 Å². The average Bonchev–Trinajstić information content (AvgIpc) is 3.38. The fraction of sp³-hybridized carbons (Fsp3) is 0.0833. The predicted octanol–water partition coefficient (Wildman–Crippen LogP) is 4.11. The second kappa shape index (κ2) is 8.28. The number of halogens is 1. The maximum Gasteiger partial charge on any atom is 0.282 e. The zero-order valence-corrected chi connectivity index (χ0v) is 17.5. The third-order valence-corrected chi connectivity index (χ3v) is 5.30. The van der Waals surface area contributed by atoms with Gasteiger partial charge in [0.15, 0.2) is 11.5 Å². The van der Waals surface area contributed by atoms with Crippen LogP contribution < -0.4 is 24.6 Å². The standard InChI is InChI=1S/C24H17ClN2O5/c25-19-11-15(10-18-23(28)26-27(24(18)29)17-4-2-1-3-5-17)6-8-20(19)30-13-16-7-9-21-22(12-16)32-14-31-21/h1-12H,13-14H2,(H,26,28). The molecule has 32 heavy (non-hydrogen) atoms. The molecule has 2 aliphatic rings. The van der Waals surface area contributed by atoms with Crippen molar-refractivity contribution in [2.24, 2.45) is 0 Å². The Bertz CT molecular complexity index is 1240. The van der Waals surface area contributed by atoms with Crippen LogP contribution in [-0.4, -0.2) is 18.6 Å². The molecule has 0 bridgehead atoms. The molecule has 8 heteroatoms. The number of nitrogens with one attached hydrogen (secondary N) is 1. The molecule has 1 N–H and O–H groups in total. The van der Waals surface area contributed by atoms with Gasteiger partial charge in [0.05, 0.1) is 10.7 Å². The van der Waals surface area contributed by atoms with Gasteiger partial charge in [-0.15, -0.1) is 0 Å². The average molecular weight is 449 g/mol. The van der Waals surface area contributed by atoms with Gasteiger partial charge in [-0.05, 0) is 53.6 Å². The highest BCUT2D eigenvalue weighted by atomic mass is 35.5. The highest BCUT2D eigenvalue weighted by molar-refractivity contribution is 6.33. The molecular formula is C24H17ClN2O5. The number of ether oxygens (including phenoxy) is 3. The number of hydrogen-bond acceptors (Lipinski definition) is 5. The number of carbonyl (C=O) groups is 2. The number of rotatable bonds is 5. The van der Waals surface area contributed by atoms with Crippen molar-refractivity contribution in [2.45, 2.75) is 6.61 Å². The lowest BCUT2D eigenvalue weighted by Gasteiger charge is -2.13. The molecule has 2 amide bonds. The number of carbonyl (C=O) groups excluding carboxylic acids is 2. The predicted molar refractivity (Wildman–Crippen MR) is 118 cm³/mol. The first-order chi connectivity index (χ1) is 15.6. The molecule has 0 saturated carbocycles. The molecule has 5 rings (SSSR count). The maximum absolute atomic E-state index is 12.7. The van der Waals surface area contributed by atoms with E-state index in [1.54, 1.807) is 42.5 Å². The maximum atomic E-state index is 12.7. The molecule has 7 nitrogen and oxygen atoms in total. The summed E-state index contributed by atoms with van der Waals surface area (Å²) in [6, 6.07) is 19.6. The molecular weight excluding hydrogens is 432 g/mol. The molecule has 0 aromatic heterocycles. The van der Waals surface area contributed by atoms with Crippen molar-refractivity contribution in [3.05, 3.63) is 88.5 Å². The van der Waals surface area contributed by atoms with Crippen LogP contribution in [0.25, 0.3) is 6.08 Å². The van der Waals surface area contributed by atoms with Crippen molar-refractivity contribution in [2.75, 3.05) is 11.8 Å². The van der Waals surface area contributed by atoms with E-state index >= 15 is 0 Å². The third-order valence-electron chi connectivity index (χ3n) is 5.00. The minimum Gasteiger partial charge on any atom is -0.487 e. The molecule has 0 atom stereocenters. The molecule has 0 unspecified atom stereocenters. The van der Waals surface area contributed by atoms with E-state index in [0.29, 0.717) is 40.1 Å². The van der Waals surface area contributed by atoms with Crippen LogP contribution in [0.3, 0.4) is 0 Å². The van der Waals surface area contributed by atoms with Gasteiger partial charge in [0.1, 0.15) is 17.9 Å². The lowest BCUT2D eigenvalue weighted by molar-refractivity contribution is -0.117. The summed E-state index contributed by atoms with van der Waals surface area (Å²) in [5.41, 5.74) is 4.70. The first-order valence-electron chi connectivity index (χ1n) is 9.81. The molecule has 1 saturated heterocycles. The van der Waals surface area contributed by atoms with Gasteiger partial charge in [-0.1, -0.05) is 41.9 Å². The summed E-state index contributed by atoms with van der Waals surface area (Å²) < 4.78 is 16.5. The van der Waals surface area contributed by atoms with Gasteiger partial charge in [0, 0.05) is 0 Å². The van der Waals surface area contributed by atoms with E-state index in [1.165, 1.54) is 11.1 Å². The summed E-state index contributed by atoms with van der Waals surface area (Å²) in [6.07, 6.45) is 1.51. The Labute approximate surface area is 188 Å². The normalized spacial score (nSPS) is 15.9. The van der Waals surface area contributed by atoms with E-state index in [4.69, 9.17) is 25.8 Å². The van der Waals surface area contributed by atoms with Crippen LogP contribution in [0.4, 0.5) is 5.69 Å². The Morgan fingerprint density at radius 2 is 1.81 bits per heavy atom. The first kappa shape index (κ1) is 20.0. The molecule has 3 aromatic carbocycles. The summed E-state index contributed by atoms with van der Waals surface area (Å²) in [5.74, 6) is 0.974. The highest BCUT2D eigenvalue weighted by Crippen LogP contribution is 2.33. The van der Waals surface area contributed by atoms with Crippen LogP contribution in [0.1, 0.15) is 11.1 Å². The van der Waals surface area contributed by atoms with Crippen molar-refractivity contribution in [3.8, 4) is 17.2 Å². The van der Waals surface area contributed by atoms with Crippen molar-refractivity contribution >= 4 is 35.2 Å². The lowest BCUT2D eigenvalue weighted by Crippen LogP contribution is -2.35. The zero-order chi connectivity index (χ0) is 22.1. The van der Waals surface area contributed by atoms with Crippen LogP contribution >= 0.6 is 11.6 Å². The minimum atomic E-state index is -0.474. The third kappa shape index (κ3) is 3.86. The number of nitrogens with zero attached hydrogens (tertiary/aromatic N) is 1. The van der Waals surface area contributed by atoms with Crippen LogP contribution in [0, 0.1) is 0 Å². The Hall–Kier alpha value is -3.97. The molecule has 160 valence electrons. The monoisotopic (exact) mass is 448 g/mol. The molecule has 2 aliphatic heterocycles. The summed E-state index contributed by atoms with van der Waals surface area (Å²) in [6.45, 7) is 0.510. The van der Waals surface area contributed by atoms with E-state index in [0.717, 1.165) is 5.56 Å². The molecule has 2 heterocycles. The van der Waals surface area contributed by atoms with Crippen molar-refractivity contribution in [3.63, 3.8) is 0 Å². The number of hydrogen-bond donors (Lipinski definition) is 1. The van der Waals surface area contributed by atoms with Crippen LogP contribution in [0.2, 0.25) is 5.02 Å². The summed E-state index contributed by atoms with van der Waals surface area (Å²) in [5, 5.41) is 1.59. The lowest BCUT2D eigenvalue weighted by atomic mass is 10.1. The Morgan fingerprint density at radius 3 is 2.62 bits per heavy atom.